The SMILES string of the molecule is CC(=C1CC1)C(C)C.CCC/C=C/N/C(=C(\C)c1cc(C)c2c(c1)C=CC1CCC2C1)c1cccc(C)n1.CC[C@H](C)CCC(C)C. The van der Waals surface area contributed by atoms with Gasteiger partial charge in [-0.15, -0.1) is 0 Å². The van der Waals surface area contributed by atoms with Crippen LogP contribution in [-0.2, 0) is 0 Å². The maximum Gasteiger partial charge on any atom is 0.0870 e. The van der Waals surface area contributed by atoms with Crippen molar-refractivity contribution in [2.24, 2.45) is 23.7 Å². The molecule has 5 rings (SSSR count). The van der Waals surface area contributed by atoms with Gasteiger partial charge < -0.3 is 5.32 Å². The molecule has 2 nitrogen and oxygen atoms in total. The van der Waals surface area contributed by atoms with Crippen LogP contribution in [0.1, 0.15) is 166 Å². The molecule has 2 aromatic rings. The van der Waals surface area contributed by atoms with E-state index in [-0.39, 0.29) is 0 Å². The molecule has 0 spiro atoms. The fourth-order valence-corrected chi connectivity index (χ4v) is 6.71. The Labute approximate surface area is 290 Å². The van der Waals surface area contributed by atoms with Gasteiger partial charge in [0.1, 0.15) is 0 Å². The minimum Gasteiger partial charge on any atom is -0.360 e. The summed E-state index contributed by atoms with van der Waals surface area (Å²) in [7, 11) is 0. The van der Waals surface area contributed by atoms with Gasteiger partial charge >= 0.3 is 0 Å². The topological polar surface area (TPSA) is 24.9 Å². The van der Waals surface area contributed by atoms with E-state index in [2.05, 4.69) is 136 Å². The van der Waals surface area contributed by atoms with E-state index in [1.54, 1.807) is 16.7 Å². The Bertz CT molecular complexity index is 1390. The number of fused-ring (bicyclic) bond motifs is 4. The number of benzene rings is 1. The summed E-state index contributed by atoms with van der Waals surface area (Å²) in [6.07, 6.45) is 22.2. The predicted molar refractivity (Wildman–Crippen MR) is 209 cm³/mol. The van der Waals surface area contributed by atoms with Gasteiger partial charge in [0.25, 0.3) is 0 Å². The van der Waals surface area contributed by atoms with Gasteiger partial charge in [0.05, 0.1) is 11.4 Å². The third-order valence-corrected chi connectivity index (χ3v) is 10.5. The highest BCUT2D eigenvalue weighted by molar-refractivity contribution is 5.89. The summed E-state index contributed by atoms with van der Waals surface area (Å²) in [6, 6.07) is 11.0. The van der Waals surface area contributed by atoms with Gasteiger partial charge in [0.2, 0.25) is 0 Å². The second-order valence-corrected chi connectivity index (χ2v) is 15.4. The average Bonchev–Trinajstić information content (AvgIpc) is 3.82. The number of unbranched alkanes of at least 4 members (excludes halogenated alkanes) is 1. The van der Waals surface area contributed by atoms with Crippen LogP contribution in [0.15, 0.2) is 59.8 Å². The lowest BCUT2D eigenvalue weighted by atomic mass is 9.86. The van der Waals surface area contributed by atoms with Gasteiger partial charge in [-0.25, -0.2) is 0 Å². The number of pyridine rings is 1. The third-order valence-electron chi connectivity index (χ3n) is 10.5. The number of nitrogens with one attached hydrogen (secondary N) is 1. The number of aromatic nitrogens is 1. The molecule has 1 heterocycles. The van der Waals surface area contributed by atoms with Crippen LogP contribution in [-0.4, -0.2) is 4.98 Å². The smallest absolute Gasteiger partial charge is 0.0870 e. The molecule has 0 radical (unpaired) electrons. The van der Waals surface area contributed by atoms with E-state index in [0.717, 1.165) is 59.5 Å². The maximum atomic E-state index is 4.81. The lowest BCUT2D eigenvalue weighted by Gasteiger charge is -2.19. The summed E-state index contributed by atoms with van der Waals surface area (Å²) >= 11 is 0. The first-order valence-corrected chi connectivity index (χ1v) is 19.0. The van der Waals surface area contributed by atoms with E-state index in [1.807, 2.05) is 0 Å². The third kappa shape index (κ3) is 12.3. The number of nitrogens with zero attached hydrogens (tertiary/aromatic N) is 1. The van der Waals surface area contributed by atoms with E-state index in [0.29, 0.717) is 0 Å². The number of allylic oxidation sites excluding steroid dienone is 5. The van der Waals surface area contributed by atoms with Gasteiger partial charge in [0, 0.05) is 5.69 Å². The van der Waals surface area contributed by atoms with Crippen molar-refractivity contribution >= 4 is 17.3 Å². The molecule has 47 heavy (non-hydrogen) atoms. The van der Waals surface area contributed by atoms with Gasteiger partial charge in [-0.2, -0.15) is 0 Å². The number of hydrogen-bond acceptors (Lipinski definition) is 2. The van der Waals surface area contributed by atoms with Crippen LogP contribution in [0.2, 0.25) is 0 Å². The first kappa shape index (κ1) is 38.6. The van der Waals surface area contributed by atoms with Gasteiger partial charge in [-0.1, -0.05) is 116 Å². The van der Waals surface area contributed by atoms with E-state index >= 15 is 0 Å². The van der Waals surface area contributed by atoms with Crippen LogP contribution in [0.4, 0.5) is 0 Å². The molecule has 2 fully saturated rings. The first-order valence-electron chi connectivity index (χ1n) is 19.0. The Kier molecular flexibility index (Phi) is 15.8. The molecular weight excluding hydrogens is 569 g/mol. The zero-order chi connectivity index (χ0) is 34.5. The largest absolute Gasteiger partial charge is 0.360 e. The van der Waals surface area contributed by atoms with E-state index < -0.39 is 0 Å². The Balaban J connectivity index is 0.000000289. The van der Waals surface area contributed by atoms with Gasteiger partial charge in [-0.05, 0) is 148 Å². The standard InChI is InChI=1S/C28H34N2.C9H20.C8H14/c1-5-6-7-15-29-28(26-10-8-9-20(3)30-26)21(4)25-16-19(2)27-23-13-11-22(17-23)12-14-24(27)18-25;1-5-9(4)7-6-8(2)3;1-6(2)7(3)8-4-5-8/h7-10,12,14-16,18,22-23,29H,5-6,11,13,17H2,1-4H3;8-9H,5-7H2,1-4H3;6H,4-5H2,1-3H3/b15-7+,28-21+;;/t;9-;/m.0./s1. The molecule has 0 saturated heterocycles. The van der Waals surface area contributed by atoms with Crippen molar-refractivity contribution < 1.29 is 0 Å². The lowest BCUT2D eigenvalue weighted by molar-refractivity contribution is 0.441. The Morgan fingerprint density at radius 2 is 1.72 bits per heavy atom. The Morgan fingerprint density at radius 1 is 0.979 bits per heavy atom. The molecule has 2 unspecified atom stereocenters. The molecule has 2 saturated carbocycles. The summed E-state index contributed by atoms with van der Waals surface area (Å²) in [6.45, 7) is 24.7. The minimum absolute atomic E-state index is 0.728. The predicted octanol–water partition coefficient (Wildman–Crippen LogP) is 13.6. The normalized spacial score (nSPS) is 19.0. The molecule has 2 bridgehead atoms. The molecular formula is C45H68N2. The van der Waals surface area contributed by atoms with Crippen molar-refractivity contribution in [2.75, 3.05) is 0 Å². The number of hydrogen-bond donors (Lipinski definition) is 1. The fraction of sp³-hybridized carbons (Fsp3) is 0.578. The van der Waals surface area contributed by atoms with E-state index in [9.17, 15) is 0 Å². The molecule has 3 aliphatic carbocycles. The summed E-state index contributed by atoms with van der Waals surface area (Å²) in [5.74, 6) is 4.10. The van der Waals surface area contributed by atoms with Gasteiger partial charge in [0.15, 0.2) is 0 Å². The zero-order valence-electron chi connectivity index (χ0n) is 32.1. The zero-order valence-corrected chi connectivity index (χ0v) is 32.1. The summed E-state index contributed by atoms with van der Waals surface area (Å²) in [4.78, 5) is 4.81. The number of aryl methyl sites for hydroxylation is 2. The van der Waals surface area contributed by atoms with Crippen molar-refractivity contribution in [2.45, 2.75) is 146 Å². The van der Waals surface area contributed by atoms with Crippen LogP contribution in [0.3, 0.4) is 0 Å². The van der Waals surface area contributed by atoms with E-state index in [4.69, 9.17) is 4.98 Å². The monoisotopic (exact) mass is 637 g/mol. The summed E-state index contributed by atoms with van der Waals surface area (Å²) in [5.41, 5.74) is 13.4. The van der Waals surface area contributed by atoms with Gasteiger partial charge in [-0.3, -0.25) is 4.98 Å². The Morgan fingerprint density at radius 3 is 2.32 bits per heavy atom. The lowest BCUT2D eigenvalue weighted by Crippen LogP contribution is -2.09. The van der Waals surface area contributed by atoms with Crippen molar-refractivity contribution in [3.8, 4) is 0 Å². The van der Waals surface area contributed by atoms with Crippen molar-refractivity contribution in [3.63, 3.8) is 0 Å². The van der Waals surface area contributed by atoms with Crippen molar-refractivity contribution in [1.82, 2.24) is 10.3 Å². The minimum atomic E-state index is 0.728. The molecule has 1 N–H and O–H groups in total. The van der Waals surface area contributed by atoms with Crippen LogP contribution in [0.5, 0.6) is 0 Å². The molecule has 2 heteroatoms. The summed E-state index contributed by atoms with van der Waals surface area (Å²) < 4.78 is 0. The fourth-order valence-electron chi connectivity index (χ4n) is 6.71. The van der Waals surface area contributed by atoms with Crippen LogP contribution >= 0.6 is 0 Å². The van der Waals surface area contributed by atoms with Crippen LogP contribution in [0, 0.1) is 37.5 Å². The summed E-state index contributed by atoms with van der Waals surface area (Å²) in [5, 5.41) is 3.55. The molecule has 3 atom stereocenters. The molecule has 1 aromatic heterocycles. The number of rotatable bonds is 11. The van der Waals surface area contributed by atoms with Crippen molar-refractivity contribution in [1.29, 1.82) is 0 Å². The Hall–Kier alpha value is -2.87. The molecule has 0 aliphatic heterocycles. The highest BCUT2D eigenvalue weighted by Crippen LogP contribution is 2.45. The molecule has 258 valence electrons. The van der Waals surface area contributed by atoms with Crippen LogP contribution in [0.25, 0.3) is 17.3 Å². The second kappa shape index (κ2) is 19.2. The quantitative estimate of drug-likeness (QED) is 0.248. The van der Waals surface area contributed by atoms with E-state index in [1.165, 1.54) is 73.6 Å². The van der Waals surface area contributed by atoms with Crippen molar-refractivity contribution in [3.05, 3.63) is 93.5 Å². The second-order valence-electron chi connectivity index (χ2n) is 15.4. The molecule has 3 aliphatic rings. The van der Waals surface area contributed by atoms with Crippen LogP contribution < -0.4 is 5.32 Å². The molecule has 0 amide bonds. The maximum absolute atomic E-state index is 4.81. The first-order chi connectivity index (χ1) is 22.4. The average molecular weight is 637 g/mol. The highest BCUT2D eigenvalue weighted by Gasteiger charge is 2.29. The highest BCUT2D eigenvalue weighted by atomic mass is 14.9. The molecule has 1 aromatic carbocycles.